The SMILES string of the molecule is O=C(N1CCN(CCCOCC(F)(F)F)CC1)C1(c2cccc(C(F)(F)F)c2)CCOCC1. The predicted octanol–water partition coefficient (Wildman–Crippen LogP) is 3.87. The highest BCUT2D eigenvalue weighted by Crippen LogP contribution is 2.39. The van der Waals surface area contributed by atoms with E-state index in [1.165, 1.54) is 6.07 Å². The quantitative estimate of drug-likeness (QED) is 0.437. The first-order valence-electron chi connectivity index (χ1n) is 10.9. The second kappa shape index (κ2) is 10.6. The lowest BCUT2D eigenvalue weighted by Gasteiger charge is -2.43. The smallest absolute Gasteiger partial charge is 0.381 e. The van der Waals surface area contributed by atoms with E-state index in [2.05, 4.69) is 4.74 Å². The molecule has 1 amide bonds. The fourth-order valence-corrected chi connectivity index (χ4v) is 4.39. The minimum absolute atomic E-state index is 0.00267. The van der Waals surface area contributed by atoms with Crippen molar-refractivity contribution in [1.82, 2.24) is 9.80 Å². The third-order valence-electron chi connectivity index (χ3n) is 6.19. The lowest BCUT2D eigenvalue weighted by atomic mass is 9.72. The molecule has 0 saturated carbocycles. The molecule has 0 atom stereocenters. The van der Waals surface area contributed by atoms with Crippen LogP contribution in [0.1, 0.15) is 30.4 Å². The van der Waals surface area contributed by atoms with E-state index in [0.29, 0.717) is 70.8 Å². The number of benzene rings is 1. The molecule has 2 aliphatic rings. The molecule has 2 fully saturated rings. The van der Waals surface area contributed by atoms with Gasteiger partial charge in [-0.3, -0.25) is 9.69 Å². The maximum absolute atomic E-state index is 13.6. The number of carbonyl (C=O) groups is 1. The average Bonchev–Trinajstić information content (AvgIpc) is 2.78. The van der Waals surface area contributed by atoms with Crippen molar-refractivity contribution in [2.45, 2.75) is 37.0 Å². The van der Waals surface area contributed by atoms with Gasteiger partial charge in [-0.25, -0.2) is 0 Å². The monoisotopic (exact) mass is 482 g/mol. The zero-order valence-electron chi connectivity index (χ0n) is 18.2. The molecule has 5 nitrogen and oxygen atoms in total. The van der Waals surface area contributed by atoms with Crippen molar-refractivity contribution in [2.75, 3.05) is 59.2 Å². The van der Waals surface area contributed by atoms with Gasteiger partial charge in [0.15, 0.2) is 0 Å². The number of rotatable bonds is 7. The van der Waals surface area contributed by atoms with Gasteiger partial charge in [0.05, 0.1) is 11.0 Å². The zero-order chi connectivity index (χ0) is 24.1. The second-order valence-corrected chi connectivity index (χ2v) is 8.43. The summed E-state index contributed by atoms with van der Waals surface area (Å²) in [5, 5.41) is 0. The van der Waals surface area contributed by atoms with Gasteiger partial charge in [0, 0.05) is 52.5 Å². The Morgan fingerprint density at radius 2 is 1.70 bits per heavy atom. The van der Waals surface area contributed by atoms with Crippen LogP contribution in [-0.4, -0.2) is 81.0 Å². The molecule has 2 aliphatic heterocycles. The van der Waals surface area contributed by atoms with Crippen molar-refractivity contribution in [3.8, 4) is 0 Å². The zero-order valence-corrected chi connectivity index (χ0v) is 18.2. The molecule has 2 saturated heterocycles. The van der Waals surface area contributed by atoms with Crippen molar-refractivity contribution in [3.05, 3.63) is 35.4 Å². The minimum atomic E-state index is -4.50. The number of nitrogens with zero attached hydrogens (tertiary/aromatic N) is 2. The number of ether oxygens (including phenoxy) is 2. The van der Waals surface area contributed by atoms with Crippen LogP contribution >= 0.6 is 0 Å². The van der Waals surface area contributed by atoms with Gasteiger partial charge in [-0.05, 0) is 30.9 Å². The summed E-state index contributed by atoms with van der Waals surface area (Å²) in [6.07, 6.45) is -7.78. The first-order valence-corrected chi connectivity index (χ1v) is 10.9. The standard InChI is InChI=1S/C22H28F6N2O3/c23-21(24,25)16-33-12-2-7-29-8-10-30(11-9-29)19(31)20(5-13-32-14-6-20)17-3-1-4-18(15-17)22(26,27)28/h1,3-4,15H,2,5-14,16H2. The van der Waals surface area contributed by atoms with Crippen LogP contribution in [0.3, 0.4) is 0 Å². The summed E-state index contributed by atoms with van der Waals surface area (Å²) in [5.41, 5.74) is -1.49. The van der Waals surface area contributed by atoms with Crippen LogP contribution in [0.25, 0.3) is 0 Å². The molecule has 186 valence electrons. The maximum atomic E-state index is 13.6. The molecule has 0 unspecified atom stereocenters. The highest BCUT2D eigenvalue weighted by molar-refractivity contribution is 5.88. The molecule has 0 spiro atoms. The fraction of sp³-hybridized carbons (Fsp3) is 0.682. The van der Waals surface area contributed by atoms with Gasteiger partial charge in [0.2, 0.25) is 5.91 Å². The molecule has 1 aromatic rings. The van der Waals surface area contributed by atoms with Gasteiger partial charge in [-0.15, -0.1) is 0 Å². The third kappa shape index (κ3) is 6.83. The molecule has 0 aromatic heterocycles. The fourth-order valence-electron chi connectivity index (χ4n) is 4.39. The van der Waals surface area contributed by atoms with Crippen molar-refractivity contribution >= 4 is 5.91 Å². The molecule has 1 aromatic carbocycles. The van der Waals surface area contributed by atoms with Gasteiger partial charge in [-0.2, -0.15) is 26.3 Å². The van der Waals surface area contributed by atoms with Crippen LogP contribution in [0.5, 0.6) is 0 Å². The van der Waals surface area contributed by atoms with E-state index in [-0.39, 0.29) is 12.5 Å². The number of piperazine rings is 1. The van der Waals surface area contributed by atoms with E-state index in [9.17, 15) is 31.1 Å². The van der Waals surface area contributed by atoms with Crippen LogP contribution in [0.15, 0.2) is 24.3 Å². The lowest BCUT2D eigenvalue weighted by molar-refractivity contribution is -0.174. The van der Waals surface area contributed by atoms with Gasteiger partial charge < -0.3 is 14.4 Å². The van der Waals surface area contributed by atoms with E-state index < -0.39 is 29.9 Å². The number of hydrogen-bond donors (Lipinski definition) is 0. The number of carbonyl (C=O) groups excluding carboxylic acids is 1. The summed E-state index contributed by atoms with van der Waals surface area (Å²) < 4.78 is 86.2. The predicted molar refractivity (Wildman–Crippen MR) is 108 cm³/mol. The maximum Gasteiger partial charge on any atom is 0.416 e. The van der Waals surface area contributed by atoms with Crippen molar-refractivity contribution < 1.29 is 40.6 Å². The van der Waals surface area contributed by atoms with E-state index in [4.69, 9.17) is 4.74 Å². The second-order valence-electron chi connectivity index (χ2n) is 8.43. The Balaban J connectivity index is 1.60. The molecule has 0 aliphatic carbocycles. The summed E-state index contributed by atoms with van der Waals surface area (Å²) in [6.45, 7) is 1.76. The number of alkyl halides is 6. The number of hydrogen-bond acceptors (Lipinski definition) is 4. The molecule has 0 bridgehead atoms. The molecule has 0 N–H and O–H groups in total. The van der Waals surface area contributed by atoms with E-state index >= 15 is 0 Å². The topological polar surface area (TPSA) is 42.0 Å². The largest absolute Gasteiger partial charge is 0.416 e. The number of halogens is 6. The van der Waals surface area contributed by atoms with Gasteiger partial charge in [0.25, 0.3) is 0 Å². The Labute approximate surface area is 188 Å². The average molecular weight is 482 g/mol. The Morgan fingerprint density at radius 1 is 1.03 bits per heavy atom. The molecular formula is C22H28F6N2O3. The van der Waals surface area contributed by atoms with Gasteiger partial charge in [-0.1, -0.05) is 18.2 Å². The molecular weight excluding hydrogens is 454 g/mol. The summed E-state index contributed by atoms with van der Waals surface area (Å²) in [7, 11) is 0. The Hall–Kier alpha value is -1.85. The van der Waals surface area contributed by atoms with Crippen molar-refractivity contribution in [3.63, 3.8) is 0 Å². The molecule has 2 heterocycles. The van der Waals surface area contributed by atoms with Crippen molar-refractivity contribution in [1.29, 1.82) is 0 Å². The Kier molecular flexibility index (Phi) is 8.28. The minimum Gasteiger partial charge on any atom is -0.381 e. The third-order valence-corrected chi connectivity index (χ3v) is 6.19. The Morgan fingerprint density at radius 3 is 2.30 bits per heavy atom. The van der Waals surface area contributed by atoms with Crippen LogP contribution in [0, 0.1) is 0 Å². The number of amides is 1. The first-order chi connectivity index (χ1) is 15.5. The van der Waals surface area contributed by atoms with E-state index in [1.807, 2.05) is 4.90 Å². The summed E-state index contributed by atoms with van der Waals surface area (Å²) >= 11 is 0. The van der Waals surface area contributed by atoms with E-state index in [0.717, 1.165) is 12.1 Å². The van der Waals surface area contributed by atoms with E-state index in [1.54, 1.807) is 11.0 Å². The van der Waals surface area contributed by atoms with Crippen LogP contribution in [0.4, 0.5) is 26.3 Å². The Bertz CT molecular complexity index is 785. The normalized spacial score (nSPS) is 20.1. The van der Waals surface area contributed by atoms with Crippen LogP contribution < -0.4 is 0 Å². The van der Waals surface area contributed by atoms with Crippen LogP contribution in [-0.2, 0) is 25.9 Å². The highest BCUT2D eigenvalue weighted by Gasteiger charge is 2.45. The van der Waals surface area contributed by atoms with Gasteiger partial charge >= 0.3 is 12.4 Å². The lowest BCUT2D eigenvalue weighted by Crippen LogP contribution is -2.56. The van der Waals surface area contributed by atoms with Crippen molar-refractivity contribution in [2.24, 2.45) is 0 Å². The molecule has 11 heteroatoms. The molecule has 33 heavy (non-hydrogen) atoms. The first kappa shape index (κ1) is 25.8. The highest BCUT2D eigenvalue weighted by atomic mass is 19.4. The van der Waals surface area contributed by atoms with Gasteiger partial charge in [0.1, 0.15) is 6.61 Å². The van der Waals surface area contributed by atoms with Crippen LogP contribution in [0.2, 0.25) is 0 Å². The summed E-state index contributed by atoms with van der Waals surface area (Å²) in [5.74, 6) is -0.196. The summed E-state index contributed by atoms with van der Waals surface area (Å²) in [6, 6.07) is 4.98. The molecule has 0 radical (unpaired) electrons. The summed E-state index contributed by atoms with van der Waals surface area (Å²) in [4.78, 5) is 17.3. The molecule has 3 rings (SSSR count).